The van der Waals surface area contributed by atoms with E-state index in [1.165, 1.54) is 5.56 Å². The lowest BCUT2D eigenvalue weighted by atomic mass is 10.2. The minimum atomic E-state index is 0.772. The van der Waals surface area contributed by atoms with E-state index in [0.717, 1.165) is 64.8 Å². The Morgan fingerprint density at radius 2 is 1.91 bits per heavy atom. The highest BCUT2D eigenvalue weighted by Gasteiger charge is 2.19. The molecular formula is C18H30N4O. The van der Waals surface area contributed by atoms with Crippen LogP contribution in [0.1, 0.15) is 18.9 Å². The zero-order chi connectivity index (χ0) is 16.3. The Labute approximate surface area is 140 Å². The number of benzene rings is 1. The summed E-state index contributed by atoms with van der Waals surface area (Å²) in [6.07, 6.45) is 0.972. The minimum Gasteiger partial charge on any atom is -0.385 e. The van der Waals surface area contributed by atoms with Crippen molar-refractivity contribution in [3.63, 3.8) is 0 Å². The molecule has 1 aliphatic rings. The highest BCUT2D eigenvalue weighted by atomic mass is 16.5. The van der Waals surface area contributed by atoms with Crippen molar-refractivity contribution in [1.82, 2.24) is 15.1 Å². The molecule has 0 saturated carbocycles. The van der Waals surface area contributed by atoms with Gasteiger partial charge in [-0.1, -0.05) is 30.3 Å². The molecule has 23 heavy (non-hydrogen) atoms. The molecule has 0 bridgehead atoms. The van der Waals surface area contributed by atoms with Crippen molar-refractivity contribution in [1.29, 1.82) is 0 Å². The summed E-state index contributed by atoms with van der Waals surface area (Å²) < 4.78 is 5.09. The molecule has 2 rings (SSSR count). The van der Waals surface area contributed by atoms with Crippen LogP contribution in [-0.4, -0.2) is 68.7 Å². The van der Waals surface area contributed by atoms with E-state index in [1.807, 2.05) is 0 Å². The Morgan fingerprint density at radius 3 is 2.57 bits per heavy atom. The Bertz CT molecular complexity index is 455. The van der Waals surface area contributed by atoms with E-state index in [0.29, 0.717) is 0 Å². The molecule has 5 nitrogen and oxygen atoms in total. The fraction of sp³-hybridized carbons (Fsp3) is 0.611. The number of guanidine groups is 1. The Balaban J connectivity index is 1.80. The van der Waals surface area contributed by atoms with Crippen molar-refractivity contribution in [2.75, 3.05) is 53.0 Å². The van der Waals surface area contributed by atoms with Gasteiger partial charge in [0, 0.05) is 59.5 Å². The minimum absolute atomic E-state index is 0.772. The van der Waals surface area contributed by atoms with Gasteiger partial charge in [0.2, 0.25) is 0 Å². The van der Waals surface area contributed by atoms with Crippen molar-refractivity contribution >= 4 is 5.96 Å². The smallest absolute Gasteiger partial charge is 0.194 e. The van der Waals surface area contributed by atoms with Gasteiger partial charge in [0.25, 0.3) is 0 Å². The molecule has 0 radical (unpaired) electrons. The van der Waals surface area contributed by atoms with E-state index in [9.17, 15) is 0 Å². The first kappa shape index (κ1) is 17.8. The van der Waals surface area contributed by atoms with Crippen LogP contribution in [0, 0.1) is 0 Å². The number of rotatable bonds is 7. The summed E-state index contributed by atoms with van der Waals surface area (Å²) in [7, 11) is 1.74. The third kappa shape index (κ3) is 6.20. The van der Waals surface area contributed by atoms with E-state index < -0.39 is 0 Å². The van der Waals surface area contributed by atoms with Crippen molar-refractivity contribution in [2.45, 2.75) is 19.9 Å². The van der Waals surface area contributed by atoms with Crippen molar-refractivity contribution in [3.05, 3.63) is 35.9 Å². The predicted octanol–water partition coefficient (Wildman–Crippen LogP) is 1.81. The van der Waals surface area contributed by atoms with Gasteiger partial charge in [-0.15, -0.1) is 0 Å². The second-order valence-electron chi connectivity index (χ2n) is 5.83. The lowest BCUT2D eigenvalue weighted by molar-refractivity contribution is 0.172. The molecule has 1 N–H and O–H groups in total. The maximum Gasteiger partial charge on any atom is 0.194 e. The zero-order valence-corrected chi connectivity index (χ0v) is 14.5. The monoisotopic (exact) mass is 318 g/mol. The number of ether oxygens (including phenoxy) is 1. The van der Waals surface area contributed by atoms with Crippen LogP contribution in [0.3, 0.4) is 0 Å². The first-order chi connectivity index (χ1) is 11.3. The largest absolute Gasteiger partial charge is 0.385 e. The molecule has 1 saturated heterocycles. The lowest BCUT2D eigenvalue weighted by Crippen LogP contribution is -2.52. The van der Waals surface area contributed by atoms with Gasteiger partial charge in [-0.25, -0.2) is 0 Å². The average molecular weight is 318 g/mol. The summed E-state index contributed by atoms with van der Waals surface area (Å²) in [4.78, 5) is 9.60. The third-order valence-corrected chi connectivity index (χ3v) is 4.02. The summed E-state index contributed by atoms with van der Waals surface area (Å²) >= 11 is 0. The van der Waals surface area contributed by atoms with Crippen LogP contribution in [0.5, 0.6) is 0 Å². The molecule has 0 aromatic heterocycles. The predicted molar refractivity (Wildman–Crippen MR) is 95.8 cm³/mol. The summed E-state index contributed by atoms with van der Waals surface area (Å²) in [5, 5.41) is 3.41. The lowest BCUT2D eigenvalue weighted by Gasteiger charge is -2.36. The van der Waals surface area contributed by atoms with Crippen LogP contribution in [0.2, 0.25) is 0 Å². The number of nitrogens with one attached hydrogen (secondary N) is 1. The SMILES string of the molecule is CCNC(=NCCCOC)N1CCN(Cc2ccccc2)CC1. The van der Waals surface area contributed by atoms with Gasteiger partial charge in [0.1, 0.15) is 0 Å². The Morgan fingerprint density at radius 1 is 1.17 bits per heavy atom. The van der Waals surface area contributed by atoms with Crippen LogP contribution < -0.4 is 5.32 Å². The molecule has 0 atom stereocenters. The number of hydrogen-bond acceptors (Lipinski definition) is 3. The van der Waals surface area contributed by atoms with Crippen LogP contribution in [0.25, 0.3) is 0 Å². The molecule has 1 aromatic carbocycles. The number of aliphatic imine (C=N–C) groups is 1. The molecular weight excluding hydrogens is 288 g/mol. The normalized spacial score (nSPS) is 16.6. The maximum absolute atomic E-state index is 5.09. The van der Waals surface area contributed by atoms with Gasteiger partial charge in [-0.05, 0) is 18.9 Å². The fourth-order valence-corrected chi connectivity index (χ4v) is 2.78. The molecule has 0 unspecified atom stereocenters. The quantitative estimate of drug-likeness (QED) is 0.473. The first-order valence-corrected chi connectivity index (χ1v) is 8.62. The first-order valence-electron chi connectivity index (χ1n) is 8.62. The van der Waals surface area contributed by atoms with Crippen molar-refractivity contribution < 1.29 is 4.74 Å². The highest BCUT2D eigenvalue weighted by Crippen LogP contribution is 2.08. The van der Waals surface area contributed by atoms with Gasteiger partial charge < -0.3 is 15.0 Å². The van der Waals surface area contributed by atoms with E-state index >= 15 is 0 Å². The Kier molecular flexibility index (Phi) is 7.90. The molecule has 1 heterocycles. The molecule has 0 amide bonds. The molecule has 1 aromatic rings. The topological polar surface area (TPSA) is 40.1 Å². The van der Waals surface area contributed by atoms with Gasteiger partial charge >= 0.3 is 0 Å². The number of hydrogen-bond donors (Lipinski definition) is 1. The van der Waals surface area contributed by atoms with E-state index in [1.54, 1.807) is 7.11 Å². The summed E-state index contributed by atoms with van der Waals surface area (Å²) in [6.45, 7) is 9.88. The standard InChI is InChI=1S/C18H30N4O/c1-3-19-18(20-10-7-15-23-2)22-13-11-21(12-14-22)16-17-8-5-4-6-9-17/h4-6,8-9H,3,7,10-16H2,1-2H3,(H,19,20). The average Bonchev–Trinajstić information content (AvgIpc) is 2.59. The summed E-state index contributed by atoms with van der Waals surface area (Å²) in [5.41, 5.74) is 1.39. The number of methoxy groups -OCH3 is 1. The number of nitrogens with zero attached hydrogens (tertiary/aromatic N) is 3. The molecule has 0 aliphatic carbocycles. The van der Waals surface area contributed by atoms with E-state index in [2.05, 4.69) is 52.4 Å². The molecule has 1 fully saturated rings. The van der Waals surface area contributed by atoms with E-state index in [-0.39, 0.29) is 0 Å². The van der Waals surface area contributed by atoms with Gasteiger partial charge in [0.15, 0.2) is 5.96 Å². The zero-order valence-electron chi connectivity index (χ0n) is 14.5. The third-order valence-electron chi connectivity index (χ3n) is 4.02. The highest BCUT2D eigenvalue weighted by molar-refractivity contribution is 5.80. The summed E-state index contributed by atoms with van der Waals surface area (Å²) in [6, 6.07) is 10.7. The van der Waals surface area contributed by atoms with Crippen LogP contribution in [0.4, 0.5) is 0 Å². The molecule has 5 heteroatoms. The van der Waals surface area contributed by atoms with Gasteiger partial charge in [-0.3, -0.25) is 9.89 Å². The number of piperazine rings is 1. The van der Waals surface area contributed by atoms with Crippen molar-refractivity contribution in [2.24, 2.45) is 4.99 Å². The van der Waals surface area contributed by atoms with Crippen LogP contribution in [0.15, 0.2) is 35.3 Å². The second-order valence-corrected chi connectivity index (χ2v) is 5.83. The molecule has 1 aliphatic heterocycles. The van der Waals surface area contributed by atoms with Crippen LogP contribution >= 0.6 is 0 Å². The van der Waals surface area contributed by atoms with Crippen LogP contribution in [-0.2, 0) is 11.3 Å². The van der Waals surface area contributed by atoms with Gasteiger partial charge in [-0.2, -0.15) is 0 Å². The molecule has 128 valence electrons. The van der Waals surface area contributed by atoms with Gasteiger partial charge in [0.05, 0.1) is 0 Å². The van der Waals surface area contributed by atoms with Crippen molar-refractivity contribution in [3.8, 4) is 0 Å². The molecule has 0 spiro atoms. The van der Waals surface area contributed by atoms with E-state index in [4.69, 9.17) is 9.73 Å². The summed E-state index contributed by atoms with van der Waals surface area (Å²) in [5.74, 6) is 1.04. The fourth-order valence-electron chi connectivity index (χ4n) is 2.78. The Hall–Kier alpha value is -1.59. The maximum atomic E-state index is 5.09. The second kappa shape index (κ2) is 10.2.